The van der Waals surface area contributed by atoms with Crippen molar-refractivity contribution in [3.05, 3.63) is 86.5 Å². The molecular formula is C26H33BrN2O4S3. The number of thiophene rings is 1. The van der Waals surface area contributed by atoms with Crippen LogP contribution in [0.3, 0.4) is 0 Å². The Morgan fingerprint density at radius 2 is 1.69 bits per heavy atom. The van der Waals surface area contributed by atoms with E-state index in [0.717, 1.165) is 14.9 Å². The predicted octanol–water partition coefficient (Wildman–Crippen LogP) is 5.99. The Labute approximate surface area is 229 Å². The van der Waals surface area contributed by atoms with Crippen LogP contribution in [-0.4, -0.2) is 35.8 Å². The van der Waals surface area contributed by atoms with Gasteiger partial charge in [0.05, 0.1) is 28.4 Å². The molecule has 196 valence electrons. The zero-order valence-corrected chi connectivity index (χ0v) is 25.4. The first-order chi connectivity index (χ1) is 16.8. The molecule has 0 spiro atoms. The number of benzene rings is 2. The van der Waals surface area contributed by atoms with E-state index >= 15 is 0 Å². The van der Waals surface area contributed by atoms with Crippen molar-refractivity contribution < 1.29 is 17.4 Å². The predicted molar refractivity (Wildman–Crippen MR) is 153 cm³/mol. The van der Waals surface area contributed by atoms with Crippen LogP contribution in [0.25, 0.3) is 0 Å². The van der Waals surface area contributed by atoms with E-state index < -0.39 is 36.5 Å². The molecule has 1 heterocycles. The maximum atomic E-state index is 14.4. The zero-order valence-electron chi connectivity index (χ0n) is 21.3. The molecule has 0 unspecified atom stereocenters. The number of methoxy groups -OCH3 is 1. The van der Waals surface area contributed by atoms with Crippen LogP contribution in [0.4, 0.5) is 0 Å². The van der Waals surface area contributed by atoms with Crippen LogP contribution in [0.1, 0.15) is 48.9 Å². The van der Waals surface area contributed by atoms with Gasteiger partial charge < -0.3 is 4.74 Å². The maximum Gasteiger partial charge on any atom is 0.223 e. The van der Waals surface area contributed by atoms with Gasteiger partial charge in [0.15, 0.2) is 0 Å². The fourth-order valence-electron chi connectivity index (χ4n) is 3.85. The number of halogens is 1. The van der Waals surface area contributed by atoms with E-state index in [1.807, 2.05) is 93.7 Å². The van der Waals surface area contributed by atoms with Gasteiger partial charge in [-0.3, -0.25) is 0 Å². The van der Waals surface area contributed by atoms with Crippen LogP contribution in [0.5, 0.6) is 5.75 Å². The molecule has 2 aromatic carbocycles. The second-order valence-corrected chi connectivity index (χ2v) is 15.7. The van der Waals surface area contributed by atoms with Crippen molar-refractivity contribution in [1.82, 2.24) is 9.03 Å². The summed E-state index contributed by atoms with van der Waals surface area (Å²) >= 11 is 4.94. The summed E-state index contributed by atoms with van der Waals surface area (Å²) in [5, 5.41) is 0.858. The van der Waals surface area contributed by atoms with Crippen molar-refractivity contribution >= 4 is 48.3 Å². The summed E-state index contributed by atoms with van der Waals surface area (Å²) in [5.74, 6) is 0.705. The number of hydrogen-bond donors (Lipinski definition) is 1. The molecular weight excluding hydrogens is 580 g/mol. The lowest BCUT2D eigenvalue weighted by atomic mass is 9.91. The summed E-state index contributed by atoms with van der Waals surface area (Å²) < 4.78 is 52.2. The Morgan fingerprint density at radius 3 is 2.19 bits per heavy atom. The molecule has 0 aliphatic heterocycles. The molecule has 1 aromatic heterocycles. The van der Waals surface area contributed by atoms with Gasteiger partial charge in [-0.1, -0.05) is 42.5 Å². The highest BCUT2D eigenvalue weighted by Gasteiger charge is 2.49. The van der Waals surface area contributed by atoms with Crippen LogP contribution >= 0.6 is 27.3 Å². The van der Waals surface area contributed by atoms with E-state index in [9.17, 15) is 12.6 Å². The number of nitrogens with zero attached hydrogens (tertiary/aromatic N) is 1. The van der Waals surface area contributed by atoms with E-state index in [0.29, 0.717) is 11.3 Å². The molecule has 10 heteroatoms. The van der Waals surface area contributed by atoms with Crippen molar-refractivity contribution in [3.63, 3.8) is 0 Å². The van der Waals surface area contributed by atoms with Crippen molar-refractivity contribution in [1.29, 1.82) is 0 Å². The summed E-state index contributed by atoms with van der Waals surface area (Å²) in [4.78, 5) is 0.766. The lowest BCUT2D eigenvalue weighted by Crippen LogP contribution is -2.53. The van der Waals surface area contributed by atoms with E-state index in [1.54, 1.807) is 14.2 Å². The Hall–Kier alpha value is -1.56. The largest absolute Gasteiger partial charge is 0.497 e. The Bertz CT molecular complexity index is 1290. The molecule has 0 radical (unpaired) electrons. The van der Waals surface area contributed by atoms with Crippen LogP contribution in [0.15, 0.2) is 70.5 Å². The van der Waals surface area contributed by atoms with Crippen molar-refractivity contribution in [2.24, 2.45) is 0 Å². The summed E-state index contributed by atoms with van der Waals surface area (Å²) in [6, 6.07) is 18.4. The first kappa shape index (κ1) is 29.0. The monoisotopic (exact) mass is 612 g/mol. The average molecular weight is 614 g/mol. The summed E-state index contributed by atoms with van der Waals surface area (Å²) in [6.45, 7) is 7.60. The van der Waals surface area contributed by atoms with Gasteiger partial charge in [-0.15, -0.1) is 11.3 Å². The smallest absolute Gasteiger partial charge is 0.223 e. The fraction of sp³-hybridized carbons (Fsp3) is 0.385. The fourth-order valence-corrected chi connectivity index (χ4v) is 8.53. The first-order valence-corrected chi connectivity index (χ1v) is 15.7. The topological polar surface area (TPSA) is 75.7 Å². The normalized spacial score (nSPS) is 15.9. The van der Waals surface area contributed by atoms with Gasteiger partial charge in [-0.25, -0.2) is 17.3 Å². The van der Waals surface area contributed by atoms with Crippen molar-refractivity contribution in [2.45, 2.75) is 49.8 Å². The van der Waals surface area contributed by atoms with Gasteiger partial charge in [0.1, 0.15) is 11.0 Å². The molecule has 3 rings (SSSR count). The minimum atomic E-state index is -3.96. The number of rotatable bonds is 10. The van der Waals surface area contributed by atoms with Crippen LogP contribution in [0.2, 0.25) is 0 Å². The van der Waals surface area contributed by atoms with Gasteiger partial charge in [0.25, 0.3) is 0 Å². The third-order valence-electron chi connectivity index (χ3n) is 5.86. The van der Waals surface area contributed by atoms with E-state index in [-0.39, 0.29) is 6.54 Å². The van der Waals surface area contributed by atoms with Gasteiger partial charge in [0.2, 0.25) is 10.0 Å². The minimum absolute atomic E-state index is 0.183. The summed E-state index contributed by atoms with van der Waals surface area (Å²) in [7, 11) is -2.32. The van der Waals surface area contributed by atoms with Crippen LogP contribution in [0, 0.1) is 0 Å². The maximum absolute atomic E-state index is 14.4. The highest BCUT2D eigenvalue weighted by atomic mass is 79.9. The third-order valence-corrected chi connectivity index (χ3v) is 11.9. The number of nitrogens with one attached hydrogen (secondary N) is 1. The van der Waals surface area contributed by atoms with Crippen LogP contribution < -0.4 is 9.46 Å². The molecule has 0 saturated heterocycles. The lowest BCUT2D eigenvalue weighted by Gasteiger charge is -2.40. The lowest BCUT2D eigenvalue weighted by molar-refractivity contribution is 0.384. The molecule has 1 N–H and O–H groups in total. The second kappa shape index (κ2) is 11.4. The molecule has 0 aliphatic carbocycles. The third kappa shape index (κ3) is 6.46. The highest BCUT2D eigenvalue weighted by Crippen LogP contribution is 2.45. The molecule has 3 atom stereocenters. The quantitative estimate of drug-likeness (QED) is 0.305. The van der Waals surface area contributed by atoms with Gasteiger partial charge in [-0.2, -0.15) is 4.31 Å². The Balaban J connectivity index is 2.15. The molecule has 0 saturated carbocycles. The number of sulfonamides is 1. The molecule has 0 amide bonds. The molecule has 6 nitrogen and oxygen atoms in total. The number of hydrogen-bond acceptors (Lipinski definition) is 5. The summed E-state index contributed by atoms with van der Waals surface area (Å²) in [5.41, 5.74) is 0.258. The van der Waals surface area contributed by atoms with E-state index in [2.05, 4.69) is 20.7 Å². The van der Waals surface area contributed by atoms with Crippen molar-refractivity contribution in [3.8, 4) is 5.75 Å². The number of ether oxygens (including phenoxy) is 1. The molecule has 3 aromatic rings. The second-order valence-electron chi connectivity index (χ2n) is 9.75. The highest BCUT2D eigenvalue weighted by molar-refractivity contribution is 9.10. The molecule has 0 bridgehead atoms. The standard InChI is InChI=1S/C26H33BrN2O4S3/c1-25(2,3)35(30)28-26(4,23-16-21(27)18-34-23)24(20-10-8-7-9-11-20)36(31,32)29(5)17-19-12-14-22(33-6)15-13-19/h7-16,18,24,28H,17H2,1-6H3/t24-,26-,35-/m1/s1. The van der Waals surface area contributed by atoms with Gasteiger partial charge in [0, 0.05) is 28.3 Å². The first-order valence-electron chi connectivity index (χ1n) is 11.4. The van der Waals surface area contributed by atoms with Crippen LogP contribution in [-0.2, 0) is 33.1 Å². The summed E-state index contributed by atoms with van der Waals surface area (Å²) in [6.07, 6.45) is 0. The van der Waals surface area contributed by atoms with Gasteiger partial charge >= 0.3 is 0 Å². The molecule has 0 aliphatic rings. The van der Waals surface area contributed by atoms with E-state index in [1.165, 1.54) is 15.6 Å². The SMILES string of the molecule is COc1ccc(CN(C)S(=O)(=O)[C@H](c2ccccc2)[C@](C)(N[S@](=O)C(C)(C)C)c2cc(Br)cs2)cc1. The van der Waals surface area contributed by atoms with Gasteiger partial charge in [-0.05, 0) is 73.0 Å². The molecule has 36 heavy (non-hydrogen) atoms. The van der Waals surface area contributed by atoms with Crippen molar-refractivity contribution in [2.75, 3.05) is 14.2 Å². The molecule has 0 fully saturated rings. The Morgan fingerprint density at radius 1 is 1.08 bits per heavy atom. The van der Waals surface area contributed by atoms with E-state index in [4.69, 9.17) is 4.74 Å². The zero-order chi connectivity index (χ0) is 26.7. The average Bonchev–Trinajstić information content (AvgIpc) is 3.26. The Kier molecular flexibility index (Phi) is 9.22. The minimum Gasteiger partial charge on any atom is -0.497 e.